The number of rotatable bonds is 5. The van der Waals surface area contributed by atoms with Crippen LogP contribution in [-0.4, -0.2) is 13.3 Å². The number of ether oxygens (including phenoxy) is 3. The molecule has 0 bridgehead atoms. The summed E-state index contributed by atoms with van der Waals surface area (Å²) < 4.78 is 42.3. The predicted molar refractivity (Wildman–Crippen MR) is 79.5 cm³/mol. The standard InChI is InChI=1S/C17H16F2O4/c1-3-11-7-8-12(9-15(11)19)22-10-13-14(18)5-4-6-16(13)23-17(20)21-2/h4-9H,3,10H2,1-2H3. The highest BCUT2D eigenvalue weighted by molar-refractivity contribution is 5.64. The van der Waals surface area contributed by atoms with E-state index in [2.05, 4.69) is 4.74 Å². The van der Waals surface area contributed by atoms with Crippen LogP contribution in [0.3, 0.4) is 0 Å². The number of carbonyl (C=O) groups is 1. The smallest absolute Gasteiger partial charge is 0.489 e. The summed E-state index contributed by atoms with van der Waals surface area (Å²) in [5.41, 5.74) is 0.607. The van der Waals surface area contributed by atoms with Crippen molar-refractivity contribution < 1.29 is 27.8 Å². The summed E-state index contributed by atoms with van der Waals surface area (Å²) in [5, 5.41) is 0. The lowest BCUT2D eigenvalue weighted by Gasteiger charge is -2.12. The fourth-order valence-corrected chi connectivity index (χ4v) is 1.97. The zero-order chi connectivity index (χ0) is 16.8. The Labute approximate surface area is 132 Å². The average molecular weight is 322 g/mol. The topological polar surface area (TPSA) is 44.8 Å². The first-order valence-corrected chi connectivity index (χ1v) is 6.99. The van der Waals surface area contributed by atoms with E-state index < -0.39 is 12.0 Å². The summed E-state index contributed by atoms with van der Waals surface area (Å²) in [7, 11) is 1.15. The first kappa shape index (κ1) is 16.7. The van der Waals surface area contributed by atoms with E-state index in [1.54, 1.807) is 12.1 Å². The summed E-state index contributed by atoms with van der Waals surface area (Å²) in [6, 6.07) is 8.47. The first-order valence-electron chi connectivity index (χ1n) is 6.99. The van der Waals surface area contributed by atoms with Crippen molar-refractivity contribution >= 4 is 6.16 Å². The van der Waals surface area contributed by atoms with Crippen molar-refractivity contribution in [2.24, 2.45) is 0 Å². The second kappa shape index (κ2) is 7.58. The molecule has 0 saturated heterocycles. The maximum absolute atomic E-state index is 13.9. The van der Waals surface area contributed by atoms with Crippen LogP contribution in [0, 0.1) is 11.6 Å². The van der Waals surface area contributed by atoms with Crippen molar-refractivity contribution in [1.29, 1.82) is 0 Å². The quantitative estimate of drug-likeness (QED) is 0.610. The fourth-order valence-electron chi connectivity index (χ4n) is 1.97. The van der Waals surface area contributed by atoms with Crippen molar-refractivity contribution in [2.75, 3.05) is 7.11 Å². The monoisotopic (exact) mass is 322 g/mol. The molecule has 2 aromatic rings. The highest BCUT2D eigenvalue weighted by atomic mass is 19.1. The fraction of sp³-hybridized carbons (Fsp3) is 0.235. The minimum atomic E-state index is -0.963. The SMILES string of the molecule is CCc1ccc(OCc2c(F)cccc2OC(=O)OC)cc1F. The van der Waals surface area contributed by atoms with Crippen LogP contribution in [0.25, 0.3) is 0 Å². The number of hydrogen-bond acceptors (Lipinski definition) is 4. The zero-order valence-corrected chi connectivity index (χ0v) is 12.8. The lowest BCUT2D eigenvalue weighted by Crippen LogP contribution is -2.11. The molecular weight excluding hydrogens is 306 g/mol. The molecule has 0 saturated carbocycles. The Bertz CT molecular complexity index is 701. The number of aryl methyl sites for hydroxylation is 1. The number of hydrogen-bond donors (Lipinski definition) is 0. The van der Waals surface area contributed by atoms with Gasteiger partial charge in [0.15, 0.2) is 0 Å². The number of halogens is 2. The average Bonchev–Trinajstić information content (AvgIpc) is 2.54. The summed E-state index contributed by atoms with van der Waals surface area (Å²) in [6.45, 7) is 1.62. The summed E-state index contributed by atoms with van der Waals surface area (Å²) in [6.07, 6.45) is -0.397. The van der Waals surface area contributed by atoms with Crippen molar-refractivity contribution in [3.8, 4) is 11.5 Å². The predicted octanol–water partition coefficient (Wildman–Crippen LogP) is 4.25. The molecule has 0 radical (unpaired) electrons. The summed E-state index contributed by atoms with van der Waals surface area (Å²) in [5.74, 6) is -0.740. The number of carbonyl (C=O) groups excluding carboxylic acids is 1. The summed E-state index contributed by atoms with van der Waals surface area (Å²) in [4.78, 5) is 11.2. The van der Waals surface area contributed by atoms with Crippen LogP contribution in [0.2, 0.25) is 0 Å². The third-order valence-corrected chi connectivity index (χ3v) is 3.22. The van der Waals surface area contributed by atoms with Gasteiger partial charge in [-0.05, 0) is 30.2 Å². The molecule has 23 heavy (non-hydrogen) atoms. The molecule has 0 unspecified atom stereocenters. The molecule has 0 aliphatic carbocycles. The zero-order valence-electron chi connectivity index (χ0n) is 12.8. The van der Waals surface area contributed by atoms with Gasteiger partial charge in [-0.15, -0.1) is 0 Å². The molecule has 0 aromatic heterocycles. The van der Waals surface area contributed by atoms with Crippen molar-refractivity contribution in [3.63, 3.8) is 0 Å². The molecule has 0 N–H and O–H groups in total. The molecule has 2 aromatic carbocycles. The Morgan fingerprint density at radius 1 is 1.13 bits per heavy atom. The van der Waals surface area contributed by atoms with E-state index in [1.807, 2.05) is 6.92 Å². The number of benzene rings is 2. The van der Waals surface area contributed by atoms with Crippen LogP contribution in [-0.2, 0) is 17.8 Å². The molecule has 0 fully saturated rings. The molecule has 0 aliphatic heterocycles. The van der Waals surface area contributed by atoms with E-state index >= 15 is 0 Å². The highest BCUT2D eigenvalue weighted by Crippen LogP contribution is 2.25. The van der Waals surface area contributed by atoms with Gasteiger partial charge in [-0.2, -0.15) is 0 Å². The maximum atomic E-state index is 13.9. The maximum Gasteiger partial charge on any atom is 0.513 e. The molecule has 4 nitrogen and oxygen atoms in total. The minimum Gasteiger partial charge on any atom is -0.489 e. The van der Waals surface area contributed by atoms with E-state index in [-0.39, 0.29) is 29.5 Å². The highest BCUT2D eigenvalue weighted by Gasteiger charge is 2.14. The minimum absolute atomic E-state index is 0.0116. The lowest BCUT2D eigenvalue weighted by atomic mass is 10.1. The Morgan fingerprint density at radius 3 is 2.57 bits per heavy atom. The van der Waals surface area contributed by atoms with Gasteiger partial charge in [0.1, 0.15) is 29.7 Å². The summed E-state index contributed by atoms with van der Waals surface area (Å²) >= 11 is 0. The van der Waals surface area contributed by atoms with Crippen LogP contribution in [0.4, 0.5) is 13.6 Å². The van der Waals surface area contributed by atoms with E-state index in [0.29, 0.717) is 12.0 Å². The van der Waals surface area contributed by atoms with Crippen molar-refractivity contribution in [3.05, 3.63) is 59.2 Å². The molecule has 0 atom stereocenters. The Kier molecular flexibility index (Phi) is 5.51. The van der Waals surface area contributed by atoms with E-state index in [0.717, 1.165) is 7.11 Å². The Balaban J connectivity index is 2.16. The van der Waals surface area contributed by atoms with Gasteiger partial charge in [-0.3, -0.25) is 0 Å². The van der Waals surface area contributed by atoms with Crippen LogP contribution < -0.4 is 9.47 Å². The normalized spacial score (nSPS) is 10.3. The molecule has 0 aliphatic rings. The van der Waals surface area contributed by atoms with Crippen LogP contribution in [0.5, 0.6) is 11.5 Å². The van der Waals surface area contributed by atoms with Crippen LogP contribution >= 0.6 is 0 Å². The van der Waals surface area contributed by atoms with E-state index in [1.165, 1.54) is 24.3 Å². The number of methoxy groups -OCH3 is 1. The van der Waals surface area contributed by atoms with Gasteiger partial charge in [0, 0.05) is 6.07 Å². The molecule has 6 heteroatoms. The van der Waals surface area contributed by atoms with E-state index in [4.69, 9.17) is 9.47 Å². The third kappa shape index (κ3) is 4.18. The van der Waals surface area contributed by atoms with Gasteiger partial charge in [-0.1, -0.05) is 19.1 Å². The van der Waals surface area contributed by atoms with Gasteiger partial charge in [-0.25, -0.2) is 13.6 Å². The molecule has 122 valence electrons. The molecular formula is C17H16F2O4. The Morgan fingerprint density at radius 2 is 1.91 bits per heavy atom. The van der Waals surface area contributed by atoms with Gasteiger partial charge >= 0.3 is 6.16 Å². The lowest BCUT2D eigenvalue weighted by molar-refractivity contribution is 0.120. The van der Waals surface area contributed by atoms with Crippen LogP contribution in [0.15, 0.2) is 36.4 Å². The Hall–Kier alpha value is -2.63. The van der Waals surface area contributed by atoms with Crippen molar-refractivity contribution in [2.45, 2.75) is 20.0 Å². The second-order valence-corrected chi connectivity index (χ2v) is 4.67. The first-order chi connectivity index (χ1) is 11.0. The molecule has 0 amide bonds. The van der Waals surface area contributed by atoms with E-state index in [9.17, 15) is 13.6 Å². The van der Waals surface area contributed by atoms with Gasteiger partial charge < -0.3 is 14.2 Å². The van der Waals surface area contributed by atoms with Gasteiger partial charge in [0.25, 0.3) is 0 Å². The van der Waals surface area contributed by atoms with Gasteiger partial charge in [0.05, 0.1) is 12.7 Å². The molecule has 2 rings (SSSR count). The second-order valence-electron chi connectivity index (χ2n) is 4.67. The molecule has 0 spiro atoms. The third-order valence-electron chi connectivity index (χ3n) is 3.22. The largest absolute Gasteiger partial charge is 0.513 e. The van der Waals surface area contributed by atoms with Gasteiger partial charge in [0.2, 0.25) is 0 Å². The molecule has 0 heterocycles. The van der Waals surface area contributed by atoms with Crippen LogP contribution in [0.1, 0.15) is 18.1 Å². The van der Waals surface area contributed by atoms with Crippen molar-refractivity contribution in [1.82, 2.24) is 0 Å².